The molecule has 0 unspecified atom stereocenters. The third kappa shape index (κ3) is 3.34. The van der Waals surface area contributed by atoms with Crippen LogP contribution in [0.2, 0.25) is 0 Å². The Kier molecular flexibility index (Phi) is 3.54. The largest absolute Gasteiger partial charge is 0.369 e. The molecule has 0 radical (unpaired) electrons. The van der Waals surface area contributed by atoms with Gasteiger partial charge < -0.3 is 11.1 Å². The average Bonchev–Trinajstić information content (AvgIpc) is 2.05. The molecule has 3 nitrogen and oxygen atoms in total. The fourth-order valence-corrected chi connectivity index (χ4v) is 1.15. The molecule has 0 spiro atoms. The zero-order chi connectivity index (χ0) is 8.81. The number of rotatable bonds is 4. The van der Waals surface area contributed by atoms with E-state index in [2.05, 4.69) is 17.5 Å². The van der Waals surface area contributed by atoms with Gasteiger partial charge in [0.1, 0.15) is 0 Å². The molecule has 0 aromatic carbocycles. The summed E-state index contributed by atoms with van der Waals surface area (Å²) in [6.07, 6.45) is 8.45. The van der Waals surface area contributed by atoms with E-state index in [0.29, 0.717) is 0 Å². The Balaban J connectivity index is 2.18. The molecule has 3 heteroatoms. The highest BCUT2D eigenvalue weighted by molar-refractivity contribution is 5.75. The van der Waals surface area contributed by atoms with Crippen LogP contribution in [0, 0.1) is 0 Å². The van der Waals surface area contributed by atoms with E-state index in [1.165, 1.54) is 5.57 Å². The summed E-state index contributed by atoms with van der Waals surface area (Å²) in [6, 6.07) is 0. The van der Waals surface area contributed by atoms with Crippen molar-refractivity contribution in [3.8, 4) is 0 Å². The number of hydrogen-bond donors (Lipinski definition) is 2. The third-order valence-corrected chi connectivity index (χ3v) is 1.75. The van der Waals surface area contributed by atoms with Gasteiger partial charge in [-0.3, -0.25) is 4.79 Å². The van der Waals surface area contributed by atoms with Gasteiger partial charge in [0.2, 0.25) is 5.91 Å². The van der Waals surface area contributed by atoms with E-state index in [1.54, 1.807) is 0 Å². The predicted molar refractivity (Wildman–Crippen MR) is 48.5 cm³/mol. The van der Waals surface area contributed by atoms with Crippen LogP contribution in [-0.4, -0.2) is 19.0 Å². The number of carbonyl (C=O) groups is 1. The van der Waals surface area contributed by atoms with E-state index >= 15 is 0 Å². The second-order valence-corrected chi connectivity index (χ2v) is 2.86. The van der Waals surface area contributed by atoms with Crippen LogP contribution < -0.4 is 11.1 Å². The first kappa shape index (κ1) is 9.00. The first-order valence-electron chi connectivity index (χ1n) is 4.12. The standard InChI is InChI=1S/C9H14N2O/c10-9(12)7-11-6-8-4-2-1-3-5-8/h1-2,4,11H,3,5-7H2,(H2,10,12). The Hall–Kier alpha value is -1.09. The van der Waals surface area contributed by atoms with Crippen LogP contribution in [0.25, 0.3) is 0 Å². The quantitative estimate of drug-likeness (QED) is 0.632. The lowest BCUT2D eigenvalue weighted by atomic mass is 10.1. The summed E-state index contributed by atoms with van der Waals surface area (Å²) < 4.78 is 0. The van der Waals surface area contributed by atoms with E-state index in [1.807, 2.05) is 6.08 Å². The molecule has 0 aliphatic heterocycles. The molecule has 0 saturated carbocycles. The summed E-state index contributed by atoms with van der Waals surface area (Å²) in [4.78, 5) is 10.4. The Morgan fingerprint density at radius 1 is 1.67 bits per heavy atom. The van der Waals surface area contributed by atoms with Crippen LogP contribution in [0.15, 0.2) is 23.8 Å². The maximum atomic E-state index is 10.4. The van der Waals surface area contributed by atoms with Crippen molar-refractivity contribution in [2.75, 3.05) is 13.1 Å². The molecule has 3 N–H and O–H groups in total. The smallest absolute Gasteiger partial charge is 0.231 e. The predicted octanol–water partition coefficient (Wildman–Crippen LogP) is 0.338. The van der Waals surface area contributed by atoms with Gasteiger partial charge in [0, 0.05) is 6.54 Å². The van der Waals surface area contributed by atoms with Gasteiger partial charge in [-0.05, 0) is 12.8 Å². The van der Waals surface area contributed by atoms with E-state index < -0.39 is 0 Å². The van der Waals surface area contributed by atoms with Gasteiger partial charge in [-0.1, -0.05) is 23.8 Å². The third-order valence-electron chi connectivity index (χ3n) is 1.75. The second kappa shape index (κ2) is 4.72. The number of hydrogen-bond acceptors (Lipinski definition) is 2. The summed E-state index contributed by atoms with van der Waals surface area (Å²) in [5, 5.41) is 2.98. The van der Waals surface area contributed by atoms with Crippen LogP contribution in [0.5, 0.6) is 0 Å². The Morgan fingerprint density at radius 2 is 2.50 bits per heavy atom. The lowest BCUT2D eigenvalue weighted by molar-refractivity contribution is -0.117. The highest BCUT2D eigenvalue weighted by Crippen LogP contribution is 2.09. The summed E-state index contributed by atoms with van der Waals surface area (Å²) in [6.45, 7) is 1.04. The molecular weight excluding hydrogens is 152 g/mol. The van der Waals surface area contributed by atoms with Crippen molar-refractivity contribution in [2.45, 2.75) is 12.8 Å². The average molecular weight is 166 g/mol. The Morgan fingerprint density at radius 3 is 3.08 bits per heavy atom. The number of carbonyl (C=O) groups excluding carboxylic acids is 1. The summed E-state index contributed by atoms with van der Waals surface area (Å²) in [7, 11) is 0. The molecule has 0 fully saturated rings. The van der Waals surface area contributed by atoms with E-state index in [0.717, 1.165) is 19.4 Å². The molecule has 1 amide bonds. The molecule has 0 heterocycles. The molecule has 0 saturated heterocycles. The number of amides is 1. The minimum atomic E-state index is -0.304. The first-order valence-corrected chi connectivity index (χ1v) is 4.12. The van der Waals surface area contributed by atoms with Gasteiger partial charge in [-0.2, -0.15) is 0 Å². The number of nitrogens with one attached hydrogen (secondary N) is 1. The van der Waals surface area contributed by atoms with Crippen molar-refractivity contribution in [3.05, 3.63) is 23.8 Å². The molecule has 1 aliphatic rings. The van der Waals surface area contributed by atoms with Gasteiger partial charge in [0.05, 0.1) is 6.54 Å². The molecule has 0 atom stereocenters. The lowest BCUT2D eigenvalue weighted by Crippen LogP contribution is -2.29. The Labute approximate surface area is 72.3 Å². The minimum Gasteiger partial charge on any atom is -0.369 e. The molecule has 12 heavy (non-hydrogen) atoms. The van der Waals surface area contributed by atoms with Crippen molar-refractivity contribution >= 4 is 5.91 Å². The highest BCUT2D eigenvalue weighted by atomic mass is 16.1. The van der Waals surface area contributed by atoms with Crippen molar-refractivity contribution in [1.29, 1.82) is 0 Å². The van der Waals surface area contributed by atoms with Crippen molar-refractivity contribution in [3.63, 3.8) is 0 Å². The fourth-order valence-electron chi connectivity index (χ4n) is 1.15. The Bertz CT molecular complexity index is 219. The zero-order valence-electron chi connectivity index (χ0n) is 7.05. The fraction of sp³-hybridized carbons (Fsp3) is 0.444. The van der Waals surface area contributed by atoms with Gasteiger partial charge in [0.25, 0.3) is 0 Å². The van der Waals surface area contributed by atoms with Crippen molar-refractivity contribution in [1.82, 2.24) is 5.32 Å². The monoisotopic (exact) mass is 166 g/mol. The molecule has 0 bridgehead atoms. The number of nitrogens with two attached hydrogens (primary N) is 1. The van der Waals surface area contributed by atoms with E-state index in [9.17, 15) is 4.79 Å². The summed E-state index contributed by atoms with van der Waals surface area (Å²) in [5.41, 5.74) is 6.31. The van der Waals surface area contributed by atoms with Crippen LogP contribution in [0.4, 0.5) is 0 Å². The summed E-state index contributed by atoms with van der Waals surface area (Å²) in [5.74, 6) is -0.304. The lowest BCUT2D eigenvalue weighted by Gasteiger charge is -2.08. The molecule has 66 valence electrons. The van der Waals surface area contributed by atoms with Crippen LogP contribution >= 0.6 is 0 Å². The number of primary amides is 1. The molecule has 0 aromatic heterocycles. The van der Waals surface area contributed by atoms with Gasteiger partial charge >= 0.3 is 0 Å². The summed E-state index contributed by atoms with van der Waals surface area (Å²) >= 11 is 0. The van der Waals surface area contributed by atoms with E-state index in [-0.39, 0.29) is 12.5 Å². The van der Waals surface area contributed by atoms with Gasteiger partial charge in [-0.25, -0.2) is 0 Å². The van der Waals surface area contributed by atoms with Crippen LogP contribution in [0.1, 0.15) is 12.8 Å². The number of allylic oxidation sites excluding steroid dienone is 3. The first-order chi connectivity index (χ1) is 5.79. The topological polar surface area (TPSA) is 55.1 Å². The van der Waals surface area contributed by atoms with Crippen LogP contribution in [0.3, 0.4) is 0 Å². The van der Waals surface area contributed by atoms with Crippen molar-refractivity contribution in [2.24, 2.45) is 5.73 Å². The molecule has 0 aromatic rings. The van der Waals surface area contributed by atoms with Crippen molar-refractivity contribution < 1.29 is 4.79 Å². The minimum absolute atomic E-state index is 0.265. The van der Waals surface area contributed by atoms with E-state index in [4.69, 9.17) is 5.73 Å². The molecular formula is C9H14N2O. The molecule has 1 aliphatic carbocycles. The SMILES string of the molecule is NC(=O)CNCC1=CC=CCC1. The normalized spacial score (nSPS) is 15.8. The van der Waals surface area contributed by atoms with Crippen LogP contribution in [-0.2, 0) is 4.79 Å². The second-order valence-electron chi connectivity index (χ2n) is 2.86. The zero-order valence-corrected chi connectivity index (χ0v) is 7.05. The molecule has 1 rings (SSSR count). The highest BCUT2D eigenvalue weighted by Gasteiger charge is 1.99. The maximum Gasteiger partial charge on any atom is 0.231 e. The van der Waals surface area contributed by atoms with Gasteiger partial charge in [-0.15, -0.1) is 0 Å². The maximum absolute atomic E-state index is 10.4. The van der Waals surface area contributed by atoms with Gasteiger partial charge in [0.15, 0.2) is 0 Å².